The number of carbonyl (C=O) groups is 1. The lowest BCUT2D eigenvalue weighted by Crippen LogP contribution is -2.09. The number of hydrogen-bond acceptors (Lipinski definition) is 4. The van der Waals surface area contributed by atoms with Gasteiger partial charge in [-0.15, -0.1) is 0 Å². The Morgan fingerprint density at radius 3 is 2.84 bits per heavy atom. The zero-order valence-corrected chi connectivity index (χ0v) is 10.5. The largest absolute Gasteiger partial charge is 0.487 e. The number of aromatic nitrogens is 2. The Kier molecular flexibility index (Phi) is 4.07. The van der Waals surface area contributed by atoms with Crippen molar-refractivity contribution in [3.8, 4) is 5.75 Å². The first-order valence-corrected chi connectivity index (χ1v) is 5.88. The van der Waals surface area contributed by atoms with Gasteiger partial charge in [-0.05, 0) is 19.1 Å². The van der Waals surface area contributed by atoms with Gasteiger partial charge in [0.15, 0.2) is 0 Å². The van der Waals surface area contributed by atoms with Crippen LogP contribution in [0.3, 0.4) is 0 Å². The smallest absolute Gasteiger partial charge is 0.310 e. The molecule has 0 aliphatic heterocycles. The van der Waals surface area contributed by atoms with E-state index in [4.69, 9.17) is 9.84 Å². The van der Waals surface area contributed by atoms with Crippen LogP contribution < -0.4 is 4.74 Å². The SMILES string of the molecule is CC(C(=O)O)c1ccccc1OCc1ccncn1. The number of ether oxygens (including phenoxy) is 1. The highest BCUT2D eigenvalue weighted by molar-refractivity contribution is 5.76. The predicted molar refractivity (Wildman–Crippen MR) is 68.9 cm³/mol. The van der Waals surface area contributed by atoms with Crippen molar-refractivity contribution in [3.63, 3.8) is 0 Å². The summed E-state index contributed by atoms with van der Waals surface area (Å²) < 4.78 is 5.64. The Hall–Kier alpha value is -2.43. The highest BCUT2D eigenvalue weighted by atomic mass is 16.5. The van der Waals surface area contributed by atoms with Crippen LogP contribution in [-0.2, 0) is 11.4 Å². The zero-order valence-electron chi connectivity index (χ0n) is 10.5. The topological polar surface area (TPSA) is 72.3 Å². The molecular formula is C14H14N2O3. The molecule has 0 bridgehead atoms. The molecule has 1 atom stereocenters. The third-order valence-corrected chi connectivity index (χ3v) is 2.77. The molecule has 1 aromatic heterocycles. The molecule has 2 rings (SSSR count). The van der Waals surface area contributed by atoms with E-state index in [2.05, 4.69) is 9.97 Å². The van der Waals surface area contributed by atoms with Crippen LogP contribution in [0.1, 0.15) is 24.1 Å². The van der Waals surface area contributed by atoms with E-state index in [0.29, 0.717) is 11.3 Å². The highest BCUT2D eigenvalue weighted by Gasteiger charge is 2.17. The average Bonchev–Trinajstić information content (AvgIpc) is 2.45. The molecule has 0 aliphatic rings. The van der Waals surface area contributed by atoms with Crippen LogP contribution in [0.15, 0.2) is 42.9 Å². The van der Waals surface area contributed by atoms with Crippen LogP contribution in [0.5, 0.6) is 5.75 Å². The van der Waals surface area contributed by atoms with E-state index in [1.54, 1.807) is 37.4 Å². The number of aliphatic carboxylic acids is 1. The third-order valence-electron chi connectivity index (χ3n) is 2.77. The van der Waals surface area contributed by atoms with Crippen molar-refractivity contribution in [2.45, 2.75) is 19.4 Å². The normalized spacial score (nSPS) is 11.8. The minimum atomic E-state index is -0.877. The fourth-order valence-electron chi connectivity index (χ4n) is 1.66. The molecule has 1 aromatic carbocycles. The van der Waals surface area contributed by atoms with Gasteiger partial charge in [0.2, 0.25) is 0 Å². The van der Waals surface area contributed by atoms with E-state index < -0.39 is 11.9 Å². The second kappa shape index (κ2) is 5.95. The van der Waals surface area contributed by atoms with E-state index in [-0.39, 0.29) is 6.61 Å². The summed E-state index contributed by atoms with van der Waals surface area (Å²) in [5.74, 6) is -0.921. The first-order chi connectivity index (χ1) is 9.18. The van der Waals surface area contributed by atoms with E-state index in [1.807, 2.05) is 6.07 Å². The molecule has 0 saturated heterocycles. The van der Waals surface area contributed by atoms with Crippen molar-refractivity contribution in [2.75, 3.05) is 0 Å². The van der Waals surface area contributed by atoms with Crippen LogP contribution in [0.4, 0.5) is 0 Å². The second-order valence-corrected chi connectivity index (χ2v) is 4.09. The minimum Gasteiger partial charge on any atom is -0.487 e. The molecule has 1 N–H and O–H groups in total. The van der Waals surface area contributed by atoms with Crippen LogP contribution in [0.25, 0.3) is 0 Å². The van der Waals surface area contributed by atoms with Gasteiger partial charge in [0.1, 0.15) is 18.7 Å². The number of nitrogens with zero attached hydrogens (tertiary/aromatic N) is 2. The first-order valence-electron chi connectivity index (χ1n) is 5.88. The summed E-state index contributed by atoms with van der Waals surface area (Å²) in [5.41, 5.74) is 1.40. The fourth-order valence-corrected chi connectivity index (χ4v) is 1.66. The fraction of sp³-hybridized carbons (Fsp3) is 0.214. The van der Waals surface area contributed by atoms with E-state index in [0.717, 1.165) is 5.69 Å². The van der Waals surface area contributed by atoms with Crippen molar-refractivity contribution >= 4 is 5.97 Å². The monoisotopic (exact) mass is 258 g/mol. The summed E-state index contributed by atoms with van der Waals surface area (Å²) in [6.07, 6.45) is 3.09. The lowest BCUT2D eigenvalue weighted by atomic mass is 10.0. The van der Waals surface area contributed by atoms with Crippen LogP contribution in [-0.4, -0.2) is 21.0 Å². The van der Waals surface area contributed by atoms with Crippen LogP contribution in [0, 0.1) is 0 Å². The lowest BCUT2D eigenvalue weighted by molar-refractivity contribution is -0.138. The molecule has 0 amide bonds. The molecule has 0 spiro atoms. The van der Waals surface area contributed by atoms with Gasteiger partial charge in [-0.2, -0.15) is 0 Å². The van der Waals surface area contributed by atoms with Crippen molar-refractivity contribution in [2.24, 2.45) is 0 Å². The summed E-state index contributed by atoms with van der Waals surface area (Å²) in [5, 5.41) is 9.07. The summed E-state index contributed by atoms with van der Waals surface area (Å²) in [6.45, 7) is 1.92. The molecule has 0 fully saturated rings. The molecule has 0 radical (unpaired) electrons. The molecule has 1 unspecified atom stereocenters. The zero-order chi connectivity index (χ0) is 13.7. The number of benzene rings is 1. The quantitative estimate of drug-likeness (QED) is 0.890. The first kappa shape index (κ1) is 13.0. The molecule has 0 aliphatic carbocycles. The van der Waals surface area contributed by atoms with Gasteiger partial charge in [0.05, 0.1) is 11.6 Å². The molecule has 98 valence electrons. The van der Waals surface area contributed by atoms with Gasteiger partial charge >= 0.3 is 5.97 Å². The maximum Gasteiger partial charge on any atom is 0.310 e. The van der Waals surface area contributed by atoms with E-state index in [1.165, 1.54) is 6.33 Å². The Labute approximate surface area is 110 Å². The molecule has 1 heterocycles. The third kappa shape index (κ3) is 3.28. The number of carboxylic acids is 1. The molecule has 19 heavy (non-hydrogen) atoms. The summed E-state index contributed by atoms with van der Waals surface area (Å²) in [6, 6.07) is 8.88. The second-order valence-electron chi connectivity index (χ2n) is 4.09. The lowest BCUT2D eigenvalue weighted by Gasteiger charge is -2.13. The maximum absolute atomic E-state index is 11.1. The molecule has 5 heteroatoms. The minimum absolute atomic E-state index is 0.284. The standard InChI is InChI=1S/C14H14N2O3/c1-10(14(17)18)12-4-2-3-5-13(12)19-8-11-6-7-15-9-16-11/h2-7,9-10H,8H2,1H3,(H,17,18). The Balaban J connectivity index is 2.14. The average molecular weight is 258 g/mol. The Morgan fingerprint density at radius 1 is 1.37 bits per heavy atom. The van der Waals surface area contributed by atoms with Gasteiger partial charge in [0, 0.05) is 11.8 Å². The highest BCUT2D eigenvalue weighted by Crippen LogP contribution is 2.27. The number of hydrogen-bond donors (Lipinski definition) is 1. The Bertz CT molecular complexity index is 558. The number of para-hydroxylation sites is 1. The maximum atomic E-state index is 11.1. The van der Waals surface area contributed by atoms with Crippen LogP contribution >= 0.6 is 0 Å². The van der Waals surface area contributed by atoms with E-state index in [9.17, 15) is 4.79 Å². The molecule has 0 saturated carbocycles. The molecule has 5 nitrogen and oxygen atoms in total. The van der Waals surface area contributed by atoms with Crippen molar-refractivity contribution in [1.82, 2.24) is 9.97 Å². The van der Waals surface area contributed by atoms with Crippen molar-refractivity contribution in [3.05, 3.63) is 54.1 Å². The number of carboxylic acid groups (broad SMARTS) is 1. The van der Waals surface area contributed by atoms with Gasteiger partial charge < -0.3 is 9.84 Å². The summed E-state index contributed by atoms with van der Waals surface area (Å²) >= 11 is 0. The molecular weight excluding hydrogens is 244 g/mol. The molecule has 2 aromatic rings. The Morgan fingerprint density at radius 2 is 2.16 bits per heavy atom. The van der Waals surface area contributed by atoms with Crippen LogP contribution in [0.2, 0.25) is 0 Å². The van der Waals surface area contributed by atoms with E-state index >= 15 is 0 Å². The summed E-state index contributed by atoms with van der Waals surface area (Å²) in [7, 11) is 0. The number of rotatable bonds is 5. The van der Waals surface area contributed by atoms with Gasteiger partial charge in [0.25, 0.3) is 0 Å². The van der Waals surface area contributed by atoms with Crippen molar-refractivity contribution < 1.29 is 14.6 Å². The van der Waals surface area contributed by atoms with Gasteiger partial charge in [-0.1, -0.05) is 18.2 Å². The predicted octanol–water partition coefficient (Wildman–Crippen LogP) is 2.24. The van der Waals surface area contributed by atoms with Gasteiger partial charge in [-0.3, -0.25) is 4.79 Å². The van der Waals surface area contributed by atoms with Gasteiger partial charge in [-0.25, -0.2) is 9.97 Å². The van der Waals surface area contributed by atoms with Crippen molar-refractivity contribution in [1.29, 1.82) is 0 Å². The summed E-state index contributed by atoms with van der Waals surface area (Å²) in [4.78, 5) is 18.9.